The van der Waals surface area contributed by atoms with Crippen LogP contribution in [0.3, 0.4) is 0 Å². The summed E-state index contributed by atoms with van der Waals surface area (Å²) in [5.74, 6) is 1.28. The number of pyridine rings is 1. The highest BCUT2D eigenvalue weighted by Gasteiger charge is 2.18. The van der Waals surface area contributed by atoms with E-state index < -0.39 is 0 Å². The average Bonchev–Trinajstić information content (AvgIpc) is 3.46. The van der Waals surface area contributed by atoms with Gasteiger partial charge in [-0.1, -0.05) is 13.8 Å². The van der Waals surface area contributed by atoms with Crippen molar-refractivity contribution in [2.24, 2.45) is 0 Å². The number of methoxy groups -OCH3 is 1. The van der Waals surface area contributed by atoms with Crippen LogP contribution in [0, 0.1) is 36.5 Å². The molecule has 0 aliphatic rings. The molecule has 0 amide bonds. The Bertz CT molecular complexity index is 1440. The molecule has 4 aromatic rings. The van der Waals surface area contributed by atoms with Gasteiger partial charge in [-0.05, 0) is 43.5 Å². The van der Waals surface area contributed by atoms with Gasteiger partial charge in [0.05, 0.1) is 35.5 Å². The molecular formula is C24H22N6OS. The third-order valence-corrected chi connectivity index (χ3v) is 6.74. The van der Waals surface area contributed by atoms with Crippen molar-refractivity contribution in [1.29, 1.82) is 10.5 Å². The largest absolute Gasteiger partial charge is 0.481 e. The van der Waals surface area contributed by atoms with Gasteiger partial charge in [0.2, 0.25) is 5.88 Å². The van der Waals surface area contributed by atoms with Crippen LogP contribution in [0.15, 0.2) is 24.4 Å². The summed E-state index contributed by atoms with van der Waals surface area (Å²) in [6, 6.07) is 10.3. The van der Waals surface area contributed by atoms with E-state index in [1.165, 1.54) is 4.88 Å². The van der Waals surface area contributed by atoms with E-state index in [0.717, 1.165) is 27.5 Å². The first kappa shape index (κ1) is 21.4. The Morgan fingerprint density at radius 3 is 2.69 bits per heavy atom. The summed E-state index contributed by atoms with van der Waals surface area (Å²) >= 11 is 1.63. The van der Waals surface area contributed by atoms with Gasteiger partial charge < -0.3 is 14.3 Å². The first-order valence-electron chi connectivity index (χ1n) is 10.1. The SMILES string of the molecule is COc1cc2nc(C(C#N)=Cc3cc(C)n(-c4sc(C(C)C)cc4C#N)c3C)[nH]c2cn1. The van der Waals surface area contributed by atoms with Crippen LogP contribution < -0.4 is 4.74 Å². The summed E-state index contributed by atoms with van der Waals surface area (Å²) in [4.78, 5) is 13.0. The molecule has 0 bridgehead atoms. The number of rotatable bonds is 5. The Morgan fingerprint density at radius 1 is 1.25 bits per heavy atom. The molecule has 32 heavy (non-hydrogen) atoms. The van der Waals surface area contributed by atoms with Gasteiger partial charge in [-0.2, -0.15) is 10.5 Å². The van der Waals surface area contributed by atoms with Gasteiger partial charge in [0.1, 0.15) is 23.0 Å². The van der Waals surface area contributed by atoms with Crippen LogP contribution in [0.2, 0.25) is 0 Å². The van der Waals surface area contributed by atoms with Crippen LogP contribution in [0.25, 0.3) is 27.7 Å². The van der Waals surface area contributed by atoms with Gasteiger partial charge in [0.15, 0.2) is 0 Å². The van der Waals surface area contributed by atoms with Crippen molar-refractivity contribution in [2.45, 2.75) is 33.6 Å². The molecule has 0 aliphatic heterocycles. The summed E-state index contributed by atoms with van der Waals surface area (Å²) in [5.41, 5.74) is 5.34. The van der Waals surface area contributed by atoms with Crippen LogP contribution >= 0.6 is 11.3 Å². The van der Waals surface area contributed by atoms with Crippen LogP contribution in [-0.2, 0) is 0 Å². The fraction of sp³-hybridized carbons (Fsp3) is 0.250. The number of imidazole rings is 1. The quantitative estimate of drug-likeness (QED) is 0.411. The molecule has 0 fully saturated rings. The smallest absolute Gasteiger partial charge is 0.215 e. The van der Waals surface area contributed by atoms with Crippen molar-refractivity contribution >= 4 is 34.0 Å². The summed E-state index contributed by atoms with van der Waals surface area (Å²) in [6.45, 7) is 8.25. The molecule has 1 N–H and O–H groups in total. The number of nitriles is 2. The van der Waals surface area contributed by atoms with Crippen LogP contribution in [0.1, 0.15) is 53.0 Å². The molecule has 0 saturated carbocycles. The molecule has 0 atom stereocenters. The number of aromatic amines is 1. The highest BCUT2D eigenvalue weighted by Crippen LogP contribution is 2.34. The molecule has 0 aromatic carbocycles. The van der Waals surface area contributed by atoms with Crippen molar-refractivity contribution in [3.63, 3.8) is 0 Å². The third kappa shape index (κ3) is 3.66. The maximum atomic E-state index is 9.83. The molecule has 4 heterocycles. The standard InChI is InChI=1S/C24H22N6OS/c1-13(2)21-8-18(11-26)24(32-21)30-14(3)6-16(15(30)4)7-17(10-25)23-28-19-9-22(31-5)27-12-20(19)29-23/h6-9,12-13H,1-5H3,(H,28,29). The van der Waals surface area contributed by atoms with Crippen molar-refractivity contribution in [2.75, 3.05) is 7.11 Å². The van der Waals surface area contributed by atoms with Crippen LogP contribution in [-0.4, -0.2) is 26.6 Å². The van der Waals surface area contributed by atoms with E-state index in [4.69, 9.17) is 4.74 Å². The van der Waals surface area contributed by atoms with Crippen molar-refractivity contribution in [3.8, 4) is 23.0 Å². The van der Waals surface area contributed by atoms with Gasteiger partial charge in [-0.3, -0.25) is 0 Å². The van der Waals surface area contributed by atoms with E-state index >= 15 is 0 Å². The fourth-order valence-corrected chi connectivity index (χ4v) is 4.84. The first-order chi connectivity index (χ1) is 15.4. The lowest BCUT2D eigenvalue weighted by atomic mass is 10.1. The normalized spacial score (nSPS) is 11.7. The van der Waals surface area contributed by atoms with Crippen LogP contribution in [0.5, 0.6) is 5.88 Å². The zero-order valence-electron chi connectivity index (χ0n) is 18.5. The first-order valence-corrected chi connectivity index (χ1v) is 10.9. The molecule has 0 radical (unpaired) electrons. The number of H-pyrrole nitrogens is 1. The second-order valence-electron chi connectivity index (χ2n) is 7.80. The lowest BCUT2D eigenvalue weighted by molar-refractivity contribution is 0.398. The minimum atomic E-state index is 0.350. The number of thiophene rings is 1. The van der Waals surface area contributed by atoms with Crippen LogP contribution in [0.4, 0.5) is 0 Å². The van der Waals surface area contributed by atoms with Gasteiger partial charge in [-0.25, -0.2) is 9.97 Å². The van der Waals surface area contributed by atoms with E-state index in [1.54, 1.807) is 30.7 Å². The van der Waals surface area contributed by atoms with E-state index in [-0.39, 0.29) is 0 Å². The average molecular weight is 443 g/mol. The van der Waals surface area contributed by atoms with Gasteiger partial charge in [0.25, 0.3) is 0 Å². The molecule has 160 valence electrons. The monoisotopic (exact) mass is 442 g/mol. The number of nitrogens with zero attached hydrogens (tertiary/aromatic N) is 5. The predicted octanol–water partition coefficient (Wildman–Crippen LogP) is 5.49. The van der Waals surface area contributed by atoms with Gasteiger partial charge in [-0.15, -0.1) is 11.3 Å². The number of hydrogen-bond acceptors (Lipinski definition) is 6. The van der Waals surface area contributed by atoms with E-state index in [1.807, 2.05) is 32.1 Å². The summed E-state index contributed by atoms with van der Waals surface area (Å²) < 4.78 is 7.24. The zero-order chi connectivity index (χ0) is 23.0. The highest BCUT2D eigenvalue weighted by atomic mass is 32.1. The lowest BCUT2D eigenvalue weighted by Gasteiger charge is -2.08. The molecule has 0 aliphatic carbocycles. The third-order valence-electron chi connectivity index (χ3n) is 5.32. The van der Waals surface area contributed by atoms with Crippen molar-refractivity contribution in [1.82, 2.24) is 19.5 Å². The topological polar surface area (TPSA) is 103 Å². The molecule has 0 saturated heterocycles. The molecular weight excluding hydrogens is 420 g/mol. The Labute approximate surface area is 190 Å². The molecule has 4 rings (SSSR count). The Morgan fingerprint density at radius 2 is 2.03 bits per heavy atom. The summed E-state index contributed by atoms with van der Waals surface area (Å²) in [5, 5.41) is 20.4. The lowest BCUT2D eigenvalue weighted by Crippen LogP contribution is -1.98. The minimum Gasteiger partial charge on any atom is -0.481 e. The van der Waals surface area contributed by atoms with E-state index in [2.05, 4.69) is 45.5 Å². The second kappa shape index (κ2) is 8.33. The van der Waals surface area contributed by atoms with Gasteiger partial charge >= 0.3 is 0 Å². The summed E-state index contributed by atoms with van der Waals surface area (Å²) in [6.07, 6.45) is 3.46. The van der Waals surface area contributed by atoms with Gasteiger partial charge in [0, 0.05) is 22.3 Å². The Kier molecular flexibility index (Phi) is 5.56. The molecule has 4 aromatic heterocycles. The predicted molar refractivity (Wildman–Crippen MR) is 126 cm³/mol. The maximum Gasteiger partial charge on any atom is 0.215 e. The molecule has 0 spiro atoms. The highest BCUT2D eigenvalue weighted by molar-refractivity contribution is 7.14. The molecule has 0 unspecified atom stereocenters. The number of ether oxygens (including phenoxy) is 1. The zero-order valence-corrected chi connectivity index (χ0v) is 19.3. The second-order valence-corrected chi connectivity index (χ2v) is 8.86. The number of nitrogens with one attached hydrogen (secondary N) is 1. The van der Waals surface area contributed by atoms with Crippen molar-refractivity contribution < 1.29 is 4.74 Å². The van der Waals surface area contributed by atoms with E-state index in [9.17, 15) is 10.5 Å². The van der Waals surface area contributed by atoms with E-state index in [0.29, 0.717) is 34.3 Å². The minimum absolute atomic E-state index is 0.350. The number of aryl methyl sites for hydroxylation is 1. The summed E-state index contributed by atoms with van der Waals surface area (Å²) in [7, 11) is 1.55. The number of aromatic nitrogens is 4. The number of fused-ring (bicyclic) bond motifs is 1. The number of hydrogen-bond donors (Lipinski definition) is 1. The van der Waals surface area contributed by atoms with Crippen molar-refractivity contribution in [3.05, 3.63) is 57.6 Å². The fourth-order valence-electron chi connectivity index (χ4n) is 3.62. The molecule has 8 heteroatoms. The maximum absolute atomic E-state index is 9.83. The Balaban J connectivity index is 1.80. The Hall–Kier alpha value is -3.88. The molecule has 7 nitrogen and oxygen atoms in total. The number of allylic oxidation sites excluding steroid dienone is 1.